The van der Waals surface area contributed by atoms with Crippen LogP contribution in [0.3, 0.4) is 0 Å². The summed E-state index contributed by atoms with van der Waals surface area (Å²) in [6.07, 6.45) is 4.92. The molecular weight excluding hydrogens is 416 g/mol. The summed E-state index contributed by atoms with van der Waals surface area (Å²) in [7, 11) is 8.28. The Hall–Kier alpha value is -3.67. The van der Waals surface area contributed by atoms with Gasteiger partial charge in [-0.25, -0.2) is 0 Å². The fourth-order valence-corrected chi connectivity index (χ4v) is 3.26. The highest BCUT2D eigenvalue weighted by atomic mass is 16.5. The summed E-state index contributed by atoms with van der Waals surface area (Å²) in [5, 5.41) is 0. The van der Waals surface area contributed by atoms with Crippen LogP contribution in [0.15, 0.2) is 55.1 Å². The van der Waals surface area contributed by atoms with E-state index in [1.54, 1.807) is 70.7 Å². The van der Waals surface area contributed by atoms with Gasteiger partial charge in [0.2, 0.25) is 0 Å². The maximum atomic E-state index is 12.8. The van der Waals surface area contributed by atoms with E-state index in [-0.39, 0.29) is 17.6 Å². The first-order chi connectivity index (χ1) is 15.4. The molecule has 2 rings (SSSR count). The highest BCUT2D eigenvalue weighted by Crippen LogP contribution is 2.34. The van der Waals surface area contributed by atoms with E-state index in [9.17, 15) is 14.4 Å². The number of ether oxygens (including phenoxy) is 1. The third-order valence-corrected chi connectivity index (χ3v) is 5.45. The smallest absolute Gasteiger partial charge is 0.253 e. The van der Waals surface area contributed by atoms with Crippen LogP contribution in [0.1, 0.15) is 56.0 Å². The van der Waals surface area contributed by atoms with Crippen molar-refractivity contribution in [2.45, 2.75) is 19.3 Å². The molecule has 0 spiro atoms. The number of nitrogens with zero attached hydrogens (tertiary/aromatic N) is 2. The van der Waals surface area contributed by atoms with E-state index in [4.69, 9.17) is 4.74 Å². The van der Waals surface area contributed by atoms with Crippen molar-refractivity contribution in [2.75, 3.05) is 35.3 Å². The largest absolute Gasteiger partial charge is 0.496 e. The molecule has 2 amide bonds. The van der Waals surface area contributed by atoms with Gasteiger partial charge in [-0.3, -0.25) is 14.4 Å². The Bertz CT molecular complexity index is 1090. The van der Waals surface area contributed by atoms with Gasteiger partial charge < -0.3 is 14.5 Å². The van der Waals surface area contributed by atoms with Gasteiger partial charge in [-0.15, -0.1) is 6.58 Å². The molecule has 0 atom stereocenters. The minimum Gasteiger partial charge on any atom is -0.496 e. The molecule has 2 aromatic rings. The number of hydrogen-bond acceptors (Lipinski definition) is 4. The van der Waals surface area contributed by atoms with E-state index in [0.717, 1.165) is 5.56 Å². The molecule has 0 bridgehead atoms. The first kappa shape index (κ1) is 25.6. The van der Waals surface area contributed by atoms with Crippen molar-refractivity contribution in [3.8, 4) is 5.75 Å². The van der Waals surface area contributed by atoms with Crippen molar-refractivity contribution < 1.29 is 19.1 Å². The first-order valence-corrected chi connectivity index (χ1v) is 10.5. The van der Waals surface area contributed by atoms with E-state index in [1.165, 1.54) is 23.0 Å². The Morgan fingerprint density at radius 3 is 1.94 bits per heavy atom. The van der Waals surface area contributed by atoms with E-state index in [1.807, 2.05) is 19.9 Å². The standard InChI is InChI=1S/C27H32N2O4/c1-9-27(2,3)22-16-20(24(33-8)17-21(22)26(32)29(6)7)14-15-23(30)18-10-12-19(13-11-18)25(31)28(4)5/h9-17H,1H2,2-8H3. The zero-order valence-electron chi connectivity index (χ0n) is 20.4. The molecule has 0 radical (unpaired) electrons. The SMILES string of the molecule is C=CC(C)(C)c1cc(C=CC(=O)c2ccc(C(=O)N(C)C)cc2)c(OC)cc1C(=O)N(C)C. The van der Waals surface area contributed by atoms with Crippen molar-refractivity contribution in [3.05, 3.63) is 82.9 Å². The molecule has 33 heavy (non-hydrogen) atoms. The third-order valence-electron chi connectivity index (χ3n) is 5.45. The molecule has 0 N–H and O–H groups in total. The predicted molar refractivity (Wildman–Crippen MR) is 132 cm³/mol. The first-order valence-electron chi connectivity index (χ1n) is 10.5. The average molecular weight is 449 g/mol. The quantitative estimate of drug-likeness (QED) is 0.340. The van der Waals surface area contributed by atoms with Gasteiger partial charge in [-0.2, -0.15) is 0 Å². The van der Waals surface area contributed by atoms with Crippen LogP contribution in [0.4, 0.5) is 0 Å². The Morgan fingerprint density at radius 2 is 1.45 bits per heavy atom. The molecule has 2 aromatic carbocycles. The average Bonchev–Trinajstić information content (AvgIpc) is 2.80. The number of allylic oxidation sites excluding steroid dienone is 2. The second kappa shape index (κ2) is 10.3. The molecule has 0 aliphatic heterocycles. The van der Waals surface area contributed by atoms with Crippen LogP contribution < -0.4 is 4.74 Å². The second-order valence-electron chi connectivity index (χ2n) is 8.74. The molecule has 6 nitrogen and oxygen atoms in total. The topological polar surface area (TPSA) is 66.9 Å². The number of hydrogen-bond donors (Lipinski definition) is 0. The van der Waals surface area contributed by atoms with Crippen LogP contribution in [0.2, 0.25) is 0 Å². The number of rotatable bonds is 8. The maximum absolute atomic E-state index is 12.8. The van der Waals surface area contributed by atoms with Crippen LogP contribution in [0.5, 0.6) is 5.75 Å². The van der Waals surface area contributed by atoms with E-state index in [0.29, 0.717) is 28.0 Å². The Balaban J connectivity index is 2.46. The lowest BCUT2D eigenvalue weighted by Crippen LogP contribution is -2.27. The van der Waals surface area contributed by atoms with Crippen LogP contribution in [0, 0.1) is 0 Å². The molecule has 0 heterocycles. The van der Waals surface area contributed by atoms with Gasteiger partial charge in [0.15, 0.2) is 5.78 Å². The maximum Gasteiger partial charge on any atom is 0.253 e. The van der Waals surface area contributed by atoms with Crippen molar-refractivity contribution in [3.63, 3.8) is 0 Å². The van der Waals surface area contributed by atoms with Crippen molar-refractivity contribution in [2.24, 2.45) is 0 Å². The van der Waals surface area contributed by atoms with Crippen molar-refractivity contribution in [1.29, 1.82) is 0 Å². The number of ketones is 1. The van der Waals surface area contributed by atoms with Crippen LogP contribution >= 0.6 is 0 Å². The fourth-order valence-electron chi connectivity index (χ4n) is 3.26. The molecule has 0 unspecified atom stereocenters. The van der Waals surface area contributed by atoms with Crippen LogP contribution in [0.25, 0.3) is 6.08 Å². The molecule has 6 heteroatoms. The number of carbonyl (C=O) groups is 3. The molecule has 0 fully saturated rings. The highest BCUT2D eigenvalue weighted by Gasteiger charge is 2.26. The number of methoxy groups -OCH3 is 1. The van der Waals surface area contributed by atoms with Crippen LogP contribution in [-0.4, -0.2) is 62.7 Å². The molecule has 0 saturated carbocycles. The predicted octanol–water partition coefficient (Wildman–Crippen LogP) is 4.46. The molecule has 0 aliphatic rings. The summed E-state index contributed by atoms with van der Waals surface area (Å²) in [5.74, 6) is 0.00913. The molecule has 0 saturated heterocycles. The van der Waals surface area contributed by atoms with Gasteiger partial charge in [0.1, 0.15) is 5.75 Å². The van der Waals surface area contributed by atoms with Crippen LogP contribution in [-0.2, 0) is 5.41 Å². The molecule has 0 aromatic heterocycles. The van der Waals surface area contributed by atoms with Crippen molar-refractivity contribution in [1.82, 2.24) is 9.80 Å². The minimum atomic E-state index is -0.477. The van der Waals surface area contributed by atoms with E-state index >= 15 is 0 Å². The minimum absolute atomic E-state index is 0.126. The summed E-state index contributed by atoms with van der Waals surface area (Å²) >= 11 is 0. The zero-order chi connectivity index (χ0) is 24.9. The normalized spacial score (nSPS) is 11.2. The summed E-state index contributed by atoms with van der Waals surface area (Å²) in [5.41, 5.74) is 2.48. The van der Waals surface area contributed by atoms with Gasteiger partial charge in [0.05, 0.1) is 7.11 Å². The molecular formula is C27H32N2O4. The Morgan fingerprint density at radius 1 is 0.909 bits per heavy atom. The molecule has 174 valence electrons. The lowest BCUT2D eigenvalue weighted by Gasteiger charge is -2.26. The summed E-state index contributed by atoms with van der Waals surface area (Å²) in [6, 6.07) is 10.1. The van der Waals surface area contributed by atoms with Gasteiger partial charge in [0, 0.05) is 55.9 Å². The lowest BCUT2D eigenvalue weighted by atomic mass is 9.80. The number of benzene rings is 2. The summed E-state index contributed by atoms with van der Waals surface area (Å²) < 4.78 is 5.52. The van der Waals surface area contributed by atoms with Gasteiger partial charge in [0.25, 0.3) is 11.8 Å². The Kier molecular flexibility index (Phi) is 7.99. The third kappa shape index (κ3) is 5.77. The van der Waals surface area contributed by atoms with E-state index in [2.05, 4.69) is 6.58 Å². The number of amides is 2. The van der Waals surface area contributed by atoms with Gasteiger partial charge in [-0.1, -0.05) is 32.1 Å². The molecule has 0 aliphatic carbocycles. The summed E-state index contributed by atoms with van der Waals surface area (Å²) in [6.45, 7) is 7.87. The zero-order valence-corrected chi connectivity index (χ0v) is 20.4. The number of carbonyl (C=O) groups excluding carboxylic acids is 3. The lowest BCUT2D eigenvalue weighted by molar-refractivity contribution is 0.0819. The summed E-state index contributed by atoms with van der Waals surface area (Å²) in [4.78, 5) is 40.6. The fraction of sp³-hybridized carbons (Fsp3) is 0.296. The van der Waals surface area contributed by atoms with Gasteiger partial charge in [-0.05, 0) is 42.0 Å². The highest BCUT2D eigenvalue weighted by molar-refractivity contribution is 6.07. The van der Waals surface area contributed by atoms with E-state index < -0.39 is 5.41 Å². The monoisotopic (exact) mass is 448 g/mol. The second-order valence-corrected chi connectivity index (χ2v) is 8.74. The van der Waals surface area contributed by atoms with Gasteiger partial charge >= 0.3 is 0 Å². The Labute approximate surface area is 196 Å². The van der Waals surface area contributed by atoms with Crippen molar-refractivity contribution >= 4 is 23.7 Å².